The summed E-state index contributed by atoms with van der Waals surface area (Å²) in [5.74, 6) is -0.160. The van der Waals surface area contributed by atoms with E-state index in [9.17, 15) is 8.78 Å². The number of nitrogens with zero attached hydrogens (tertiary/aromatic N) is 2. The lowest BCUT2D eigenvalue weighted by atomic mass is 10.1. The summed E-state index contributed by atoms with van der Waals surface area (Å²) >= 11 is 0. The van der Waals surface area contributed by atoms with E-state index in [0.717, 1.165) is 43.7 Å². The van der Waals surface area contributed by atoms with Crippen LogP contribution in [-0.2, 0) is 6.54 Å². The highest BCUT2D eigenvalue weighted by atomic mass is 19.1. The van der Waals surface area contributed by atoms with Gasteiger partial charge in [-0.1, -0.05) is 12.1 Å². The van der Waals surface area contributed by atoms with Gasteiger partial charge in [-0.05, 0) is 18.2 Å². The second kappa shape index (κ2) is 6.96. The number of piperazine rings is 1. The van der Waals surface area contributed by atoms with Gasteiger partial charge in [-0.2, -0.15) is 0 Å². The fourth-order valence-electron chi connectivity index (χ4n) is 2.86. The molecule has 0 spiro atoms. The molecule has 1 saturated heterocycles. The Kier molecular flexibility index (Phi) is 4.76. The molecule has 0 saturated carbocycles. The molecule has 1 heterocycles. The van der Waals surface area contributed by atoms with Crippen molar-refractivity contribution >= 4 is 5.69 Å². The van der Waals surface area contributed by atoms with Crippen molar-refractivity contribution in [2.24, 2.45) is 0 Å². The van der Waals surface area contributed by atoms with Crippen LogP contribution in [0.3, 0.4) is 0 Å². The summed E-state index contributed by atoms with van der Waals surface area (Å²) in [5.41, 5.74) is 1.68. The summed E-state index contributed by atoms with van der Waals surface area (Å²) in [6, 6.07) is 11.8. The van der Waals surface area contributed by atoms with Crippen molar-refractivity contribution in [1.29, 1.82) is 0 Å². The number of hydrogen-bond donors (Lipinski definition) is 0. The summed E-state index contributed by atoms with van der Waals surface area (Å²) in [4.78, 5) is 4.48. The number of methoxy groups -OCH3 is 1. The van der Waals surface area contributed by atoms with E-state index in [0.29, 0.717) is 12.1 Å². The second-order valence-corrected chi connectivity index (χ2v) is 5.70. The quantitative estimate of drug-likeness (QED) is 0.860. The highest BCUT2D eigenvalue weighted by Gasteiger charge is 2.18. The maximum atomic E-state index is 13.7. The summed E-state index contributed by atoms with van der Waals surface area (Å²) in [6.07, 6.45) is 0. The molecule has 5 heteroatoms. The molecule has 122 valence electrons. The van der Waals surface area contributed by atoms with Crippen LogP contribution in [0.1, 0.15) is 5.56 Å². The number of rotatable bonds is 4. The zero-order valence-corrected chi connectivity index (χ0v) is 13.1. The van der Waals surface area contributed by atoms with Crippen molar-refractivity contribution in [1.82, 2.24) is 4.90 Å². The second-order valence-electron chi connectivity index (χ2n) is 5.70. The van der Waals surface area contributed by atoms with Crippen LogP contribution in [0.15, 0.2) is 42.5 Å². The summed E-state index contributed by atoms with van der Waals surface area (Å²) in [5, 5.41) is 0. The van der Waals surface area contributed by atoms with Gasteiger partial charge >= 0.3 is 0 Å². The zero-order valence-electron chi connectivity index (χ0n) is 13.1. The molecule has 0 aliphatic carbocycles. The van der Waals surface area contributed by atoms with E-state index in [-0.39, 0.29) is 0 Å². The SMILES string of the molecule is COc1cccc(N2CCN(Cc3ccc(F)cc3F)CC2)c1. The van der Waals surface area contributed by atoms with Crippen LogP contribution in [0.25, 0.3) is 0 Å². The molecule has 0 N–H and O–H groups in total. The standard InChI is InChI=1S/C18H20F2N2O/c1-23-17-4-2-3-16(12-17)22-9-7-21(8-10-22)13-14-5-6-15(19)11-18(14)20/h2-6,11-12H,7-10,13H2,1H3. The van der Waals surface area contributed by atoms with Crippen LogP contribution >= 0.6 is 0 Å². The summed E-state index contributed by atoms with van der Waals surface area (Å²) in [6.45, 7) is 3.94. The van der Waals surface area contributed by atoms with Crippen LogP contribution in [0.5, 0.6) is 5.75 Å². The molecule has 2 aromatic carbocycles. The van der Waals surface area contributed by atoms with Gasteiger partial charge in [-0.15, -0.1) is 0 Å². The maximum absolute atomic E-state index is 13.7. The molecule has 23 heavy (non-hydrogen) atoms. The van der Waals surface area contributed by atoms with Gasteiger partial charge in [-0.3, -0.25) is 4.90 Å². The van der Waals surface area contributed by atoms with Crippen molar-refractivity contribution < 1.29 is 13.5 Å². The first-order valence-corrected chi connectivity index (χ1v) is 7.71. The van der Waals surface area contributed by atoms with E-state index in [2.05, 4.69) is 15.9 Å². The van der Waals surface area contributed by atoms with Gasteiger partial charge in [0.2, 0.25) is 0 Å². The van der Waals surface area contributed by atoms with E-state index >= 15 is 0 Å². The Morgan fingerprint density at radius 1 is 1.00 bits per heavy atom. The van der Waals surface area contributed by atoms with E-state index < -0.39 is 11.6 Å². The Balaban J connectivity index is 1.59. The predicted molar refractivity (Wildman–Crippen MR) is 86.8 cm³/mol. The lowest BCUT2D eigenvalue weighted by molar-refractivity contribution is 0.246. The third kappa shape index (κ3) is 3.79. The van der Waals surface area contributed by atoms with Gasteiger partial charge in [0.25, 0.3) is 0 Å². The van der Waals surface area contributed by atoms with Gasteiger partial charge in [0.1, 0.15) is 17.4 Å². The lowest BCUT2D eigenvalue weighted by Crippen LogP contribution is -2.46. The molecule has 0 aromatic heterocycles. The van der Waals surface area contributed by atoms with Crippen molar-refractivity contribution in [3.05, 3.63) is 59.7 Å². The molecule has 0 unspecified atom stereocenters. The molecule has 1 fully saturated rings. The fourth-order valence-corrected chi connectivity index (χ4v) is 2.86. The molecular weight excluding hydrogens is 298 g/mol. The number of anilines is 1. The summed E-state index contributed by atoms with van der Waals surface area (Å²) < 4.78 is 32.0. The molecule has 0 amide bonds. The monoisotopic (exact) mass is 318 g/mol. The first kappa shape index (κ1) is 15.7. The smallest absolute Gasteiger partial charge is 0.130 e. The Hall–Kier alpha value is -2.14. The minimum Gasteiger partial charge on any atom is -0.497 e. The molecule has 2 aromatic rings. The summed E-state index contributed by atoms with van der Waals surface area (Å²) in [7, 11) is 1.66. The van der Waals surface area contributed by atoms with Gasteiger partial charge in [0, 0.05) is 56.1 Å². The van der Waals surface area contributed by atoms with Gasteiger partial charge in [0.15, 0.2) is 0 Å². The Morgan fingerprint density at radius 3 is 2.48 bits per heavy atom. The third-order valence-electron chi connectivity index (χ3n) is 4.20. The van der Waals surface area contributed by atoms with Gasteiger partial charge < -0.3 is 9.64 Å². The molecular formula is C18H20F2N2O. The van der Waals surface area contributed by atoms with Crippen molar-refractivity contribution in [3.8, 4) is 5.75 Å². The Bertz CT molecular complexity index is 670. The first-order chi connectivity index (χ1) is 11.2. The largest absolute Gasteiger partial charge is 0.497 e. The maximum Gasteiger partial charge on any atom is 0.130 e. The van der Waals surface area contributed by atoms with E-state index in [1.165, 1.54) is 12.1 Å². The predicted octanol–water partition coefficient (Wildman–Crippen LogP) is 3.30. The molecule has 0 radical (unpaired) electrons. The van der Waals surface area contributed by atoms with E-state index in [4.69, 9.17) is 4.74 Å². The molecule has 1 aliphatic heterocycles. The molecule has 0 bridgehead atoms. The number of hydrogen-bond acceptors (Lipinski definition) is 3. The van der Waals surface area contributed by atoms with Crippen LogP contribution in [-0.4, -0.2) is 38.2 Å². The molecule has 3 rings (SSSR count). The minimum absolute atomic E-state index is 0.472. The average molecular weight is 318 g/mol. The zero-order chi connectivity index (χ0) is 16.2. The third-order valence-corrected chi connectivity index (χ3v) is 4.20. The number of benzene rings is 2. The molecule has 1 aliphatic rings. The fraction of sp³-hybridized carbons (Fsp3) is 0.333. The Morgan fingerprint density at radius 2 is 1.78 bits per heavy atom. The van der Waals surface area contributed by atoms with Crippen molar-refractivity contribution in [3.63, 3.8) is 0 Å². The molecule has 3 nitrogen and oxygen atoms in total. The van der Waals surface area contributed by atoms with Crippen molar-refractivity contribution in [2.75, 3.05) is 38.2 Å². The van der Waals surface area contributed by atoms with Crippen LogP contribution in [0.2, 0.25) is 0 Å². The highest BCUT2D eigenvalue weighted by molar-refractivity contribution is 5.51. The normalized spacial score (nSPS) is 15.7. The van der Waals surface area contributed by atoms with Crippen LogP contribution in [0, 0.1) is 11.6 Å². The van der Waals surface area contributed by atoms with Crippen molar-refractivity contribution in [2.45, 2.75) is 6.54 Å². The van der Waals surface area contributed by atoms with Crippen LogP contribution < -0.4 is 9.64 Å². The topological polar surface area (TPSA) is 15.7 Å². The number of halogens is 2. The average Bonchev–Trinajstić information content (AvgIpc) is 2.58. The Labute approximate surface area is 135 Å². The van der Waals surface area contributed by atoms with E-state index in [1.54, 1.807) is 7.11 Å². The minimum atomic E-state index is -0.533. The van der Waals surface area contributed by atoms with Crippen LogP contribution in [0.4, 0.5) is 14.5 Å². The van der Waals surface area contributed by atoms with Gasteiger partial charge in [-0.25, -0.2) is 8.78 Å². The van der Waals surface area contributed by atoms with Gasteiger partial charge in [0.05, 0.1) is 7.11 Å². The van der Waals surface area contributed by atoms with E-state index in [1.807, 2.05) is 18.2 Å². The lowest BCUT2D eigenvalue weighted by Gasteiger charge is -2.36. The number of ether oxygens (including phenoxy) is 1. The highest BCUT2D eigenvalue weighted by Crippen LogP contribution is 2.22. The molecule has 0 atom stereocenters. The first-order valence-electron chi connectivity index (χ1n) is 7.71.